The highest BCUT2D eigenvalue weighted by Gasteiger charge is 2.11. The molecule has 0 amide bonds. The van der Waals surface area contributed by atoms with E-state index in [1.54, 1.807) is 30.1 Å². The lowest BCUT2D eigenvalue weighted by atomic mass is 10.3. The third-order valence-corrected chi connectivity index (χ3v) is 1.98. The largest absolute Gasteiger partial charge is 0.422 e. The molecule has 76 valence electrons. The minimum Gasteiger partial charge on any atom is -0.422 e. The molecule has 0 spiro atoms. The lowest BCUT2D eigenvalue weighted by molar-refractivity contribution is 0.0725. The van der Waals surface area contributed by atoms with Crippen LogP contribution in [-0.2, 0) is 7.05 Å². The van der Waals surface area contributed by atoms with Crippen molar-refractivity contribution in [2.45, 2.75) is 0 Å². The molecular weight excluding hydrogens is 192 g/mol. The summed E-state index contributed by atoms with van der Waals surface area (Å²) in [5.74, 6) is 0.130. The van der Waals surface area contributed by atoms with Crippen LogP contribution in [-0.4, -0.2) is 15.5 Å². The van der Waals surface area contributed by atoms with Gasteiger partial charge in [0.15, 0.2) is 0 Å². The average Bonchev–Trinajstić information content (AvgIpc) is 2.66. The predicted octanol–water partition coefficient (Wildman–Crippen LogP) is 1.64. The molecular formula is C11H10N2O2. The minimum absolute atomic E-state index is 0.402. The maximum Gasteiger partial charge on any atom is 0.361 e. The lowest BCUT2D eigenvalue weighted by Crippen LogP contribution is -2.12. The molecule has 4 heteroatoms. The van der Waals surface area contributed by atoms with Crippen molar-refractivity contribution in [2.24, 2.45) is 7.05 Å². The van der Waals surface area contributed by atoms with E-state index in [4.69, 9.17) is 4.74 Å². The van der Waals surface area contributed by atoms with Gasteiger partial charge in [-0.1, -0.05) is 18.2 Å². The molecule has 0 saturated heterocycles. The molecule has 0 aliphatic carbocycles. The number of esters is 1. The SMILES string of the molecule is Cn1cncc1C(=O)Oc1ccccc1. The van der Waals surface area contributed by atoms with Gasteiger partial charge in [0.25, 0.3) is 0 Å². The number of imidazole rings is 1. The first kappa shape index (κ1) is 9.45. The molecule has 4 nitrogen and oxygen atoms in total. The number of rotatable bonds is 2. The fourth-order valence-corrected chi connectivity index (χ4v) is 1.20. The van der Waals surface area contributed by atoms with Gasteiger partial charge in [0.05, 0.1) is 12.5 Å². The summed E-state index contributed by atoms with van der Waals surface area (Å²) in [6, 6.07) is 8.95. The molecule has 0 aliphatic rings. The number of carbonyl (C=O) groups excluding carboxylic acids is 1. The number of para-hydroxylation sites is 1. The molecule has 0 aliphatic heterocycles. The third kappa shape index (κ3) is 2.04. The maximum absolute atomic E-state index is 11.6. The number of benzene rings is 1. The van der Waals surface area contributed by atoms with E-state index in [2.05, 4.69) is 4.98 Å². The molecule has 15 heavy (non-hydrogen) atoms. The van der Waals surface area contributed by atoms with Crippen LogP contribution >= 0.6 is 0 Å². The molecule has 0 fully saturated rings. The molecule has 0 N–H and O–H groups in total. The van der Waals surface area contributed by atoms with Crippen molar-refractivity contribution in [1.29, 1.82) is 0 Å². The van der Waals surface area contributed by atoms with E-state index in [-0.39, 0.29) is 0 Å². The molecule has 0 unspecified atom stereocenters. The molecule has 1 aromatic carbocycles. The Labute approximate surface area is 87.1 Å². The summed E-state index contributed by atoms with van der Waals surface area (Å²) in [4.78, 5) is 15.5. The van der Waals surface area contributed by atoms with Crippen molar-refractivity contribution >= 4 is 5.97 Å². The summed E-state index contributed by atoms with van der Waals surface area (Å²) in [5, 5.41) is 0. The topological polar surface area (TPSA) is 44.1 Å². The van der Waals surface area contributed by atoms with E-state index in [9.17, 15) is 4.79 Å². The number of aromatic nitrogens is 2. The van der Waals surface area contributed by atoms with Gasteiger partial charge in [-0.25, -0.2) is 9.78 Å². The van der Waals surface area contributed by atoms with Crippen LogP contribution in [0.4, 0.5) is 0 Å². The first-order chi connectivity index (χ1) is 7.27. The summed E-state index contributed by atoms with van der Waals surface area (Å²) in [6.45, 7) is 0. The number of aryl methyl sites for hydroxylation is 1. The Morgan fingerprint density at radius 1 is 1.33 bits per heavy atom. The fraction of sp³-hybridized carbons (Fsp3) is 0.0909. The molecule has 0 bridgehead atoms. The van der Waals surface area contributed by atoms with E-state index in [0.29, 0.717) is 11.4 Å². The van der Waals surface area contributed by atoms with Crippen LogP contribution in [0, 0.1) is 0 Å². The molecule has 0 saturated carbocycles. The Balaban J connectivity index is 2.15. The number of carbonyl (C=O) groups is 1. The Kier molecular flexibility index (Phi) is 2.49. The maximum atomic E-state index is 11.6. The van der Waals surface area contributed by atoms with Crippen LogP contribution in [0.5, 0.6) is 5.75 Å². The lowest BCUT2D eigenvalue weighted by Gasteiger charge is -2.03. The number of nitrogens with zero attached hydrogens (tertiary/aromatic N) is 2. The standard InChI is InChI=1S/C11H10N2O2/c1-13-8-12-7-10(13)11(14)15-9-5-3-2-4-6-9/h2-8H,1H3. The van der Waals surface area contributed by atoms with E-state index in [1.165, 1.54) is 6.20 Å². The van der Waals surface area contributed by atoms with Crippen molar-refractivity contribution in [3.8, 4) is 5.75 Å². The highest BCUT2D eigenvalue weighted by atomic mass is 16.5. The van der Waals surface area contributed by atoms with Crippen molar-refractivity contribution in [2.75, 3.05) is 0 Å². The zero-order chi connectivity index (χ0) is 10.7. The highest BCUT2D eigenvalue weighted by Crippen LogP contribution is 2.10. The van der Waals surface area contributed by atoms with Gasteiger partial charge < -0.3 is 9.30 Å². The Hall–Kier alpha value is -2.10. The number of hydrogen-bond acceptors (Lipinski definition) is 3. The fourth-order valence-electron chi connectivity index (χ4n) is 1.20. The van der Waals surface area contributed by atoms with Gasteiger partial charge in [-0.15, -0.1) is 0 Å². The second-order valence-corrected chi connectivity index (χ2v) is 3.09. The quantitative estimate of drug-likeness (QED) is 0.549. The highest BCUT2D eigenvalue weighted by molar-refractivity contribution is 5.89. The molecule has 1 aromatic heterocycles. The van der Waals surface area contributed by atoms with Gasteiger partial charge in [-0.05, 0) is 12.1 Å². The first-order valence-electron chi connectivity index (χ1n) is 4.51. The van der Waals surface area contributed by atoms with E-state index in [0.717, 1.165) is 0 Å². The Bertz CT molecular complexity index is 462. The molecule has 2 aromatic rings. The monoisotopic (exact) mass is 202 g/mol. The Morgan fingerprint density at radius 3 is 2.67 bits per heavy atom. The predicted molar refractivity (Wildman–Crippen MR) is 54.6 cm³/mol. The van der Waals surface area contributed by atoms with Gasteiger partial charge in [0.2, 0.25) is 0 Å². The van der Waals surface area contributed by atoms with Crippen LogP contribution in [0.2, 0.25) is 0 Å². The summed E-state index contributed by atoms with van der Waals surface area (Å²) in [5.41, 5.74) is 0.429. The number of hydrogen-bond donors (Lipinski definition) is 0. The van der Waals surface area contributed by atoms with Crippen molar-refractivity contribution in [3.05, 3.63) is 48.5 Å². The summed E-state index contributed by atoms with van der Waals surface area (Å²) < 4.78 is 6.76. The van der Waals surface area contributed by atoms with Crippen LogP contribution < -0.4 is 4.74 Å². The third-order valence-electron chi connectivity index (χ3n) is 1.98. The van der Waals surface area contributed by atoms with Crippen molar-refractivity contribution < 1.29 is 9.53 Å². The molecule has 0 atom stereocenters. The van der Waals surface area contributed by atoms with Crippen LogP contribution in [0.15, 0.2) is 42.9 Å². The normalized spacial score (nSPS) is 9.93. The summed E-state index contributed by atoms with van der Waals surface area (Å²) >= 11 is 0. The van der Waals surface area contributed by atoms with Crippen molar-refractivity contribution in [3.63, 3.8) is 0 Å². The molecule has 1 heterocycles. The van der Waals surface area contributed by atoms with Gasteiger partial charge in [-0.2, -0.15) is 0 Å². The average molecular weight is 202 g/mol. The zero-order valence-corrected chi connectivity index (χ0v) is 8.25. The summed E-state index contributed by atoms with van der Waals surface area (Å²) in [6.07, 6.45) is 3.03. The van der Waals surface area contributed by atoms with E-state index in [1.807, 2.05) is 18.2 Å². The molecule has 0 radical (unpaired) electrons. The minimum atomic E-state index is -0.402. The summed E-state index contributed by atoms with van der Waals surface area (Å²) in [7, 11) is 1.74. The van der Waals surface area contributed by atoms with E-state index >= 15 is 0 Å². The van der Waals surface area contributed by atoms with Crippen LogP contribution in [0.3, 0.4) is 0 Å². The van der Waals surface area contributed by atoms with Crippen LogP contribution in [0.1, 0.15) is 10.5 Å². The molecule has 2 rings (SSSR count). The van der Waals surface area contributed by atoms with Crippen molar-refractivity contribution in [1.82, 2.24) is 9.55 Å². The van der Waals surface area contributed by atoms with E-state index < -0.39 is 5.97 Å². The smallest absolute Gasteiger partial charge is 0.361 e. The van der Waals surface area contributed by atoms with Crippen LogP contribution in [0.25, 0.3) is 0 Å². The van der Waals surface area contributed by atoms with Gasteiger partial charge in [0.1, 0.15) is 11.4 Å². The second kappa shape index (κ2) is 3.96. The van der Waals surface area contributed by atoms with Gasteiger partial charge in [0, 0.05) is 7.05 Å². The number of ether oxygens (including phenoxy) is 1. The second-order valence-electron chi connectivity index (χ2n) is 3.09. The Morgan fingerprint density at radius 2 is 2.07 bits per heavy atom. The first-order valence-corrected chi connectivity index (χ1v) is 4.51. The van der Waals surface area contributed by atoms with Gasteiger partial charge in [-0.3, -0.25) is 0 Å². The zero-order valence-electron chi connectivity index (χ0n) is 8.25. The van der Waals surface area contributed by atoms with Gasteiger partial charge >= 0.3 is 5.97 Å².